The van der Waals surface area contributed by atoms with Crippen LogP contribution in [-0.4, -0.2) is 29.3 Å². The number of fused-ring (bicyclic) bond motifs is 1. The monoisotopic (exact) mass is 278 g/mol. The van der Waals surface area contributed by atoms with Crippen LogP contribution in [0.3, 0.4) is 0 Å². The van der Waals surface area contributed by atoms with Crippen molar-refractivity contribution in [1.82, 2.24) is 4.98 Å². The number of nitrogens with zero attached hydrogens (tertiary/aromatic N) is 2. The van der Waals surface area contributed by atoms with E-state index in [1.807, 2.05) is 11.8 Å². The highest BCUT2D eigenvalue weighted by Crippen LogP contribution is 2.30. The van der Waals surface area contributed by atoms with Crippen LogP contribution < -0.4 is 4.90 Å². The number of aromatic nitrogens is 1. The highest BCUT2D eigenvalue weighted by molar-refractivity contribution is 5.92. The molecule has 1 aromatic heterocycles. The highest BCUT2D eigenvalue weighted by atomic mass is 19.1. The van der Waals surface area contributed by atoms with E-state index in [-0.39, 0.29) is 11.4 Å². The lowest BCUT2D eigenvalue weighted by atomic mass is 9.95. The lowest BCUT2D eigenvalue weighted by Gasteiger charge is -2.36. The molecule has 5 heteroatoms. The van der Waals surface area contributed by atoms with Gasteiger partial charge in [-0.2, -0.15) is 0 Å². The molecule has 2 atom stereocenters. The van der Waals surface area contributed by atoms with Gasteiger partial charge in [0.05, 0.1) is 6.10 Å². The topological polar surface area (TPSA) is 36.4 Å². The van der Waals surface area contributed by atoms with Gasteiger partial charge in [-0.1, -0.05) is 6.92 Å². The summed E-state index contributed by atoms with van der Waals surface area (Å²) in [7, 11) is 0. The highest BCUT2D eigenvalue weighted by Gasteiger charge is 2.25. The summed E-state index contributed by atoms with van der Waals surface area (Å²) in [6.07, 6.45) is 1.94. The van der Waals surface area contributed by atoms with E-state index in [0.717, 1.165) is 24.7 Å². The molecule has 0 spiro atoms. The molecule has 1 N–H and O–H groups in total. The van der Waals surface area contributed by atoms with Crippen LogP contribution in [0.1, 0.15) is 13.3 Å². The number of β-amino-alcohol motifs (C(OH)–C–C–N with tert-alkyl or cyclic N) is 1. The zero-order chi connectivity index (χ0) is 14.3. The number of anilines is 1. The standard InChI is InChI=1S/C15H16F2N2O/c1-9-3-5-19(8-14(9)20)13-2-4-18-15-11(13)6-10(16)7-12(15)17/h2,4,6-7,9,14,20H,3,5,8H2,1H3/t9-,14+/m0/s1. The molecule has 1 aromatic carbocycles. The molecule has 0 amide bonds. The average Bonchev–Trinajstić information content (AvgIpc) is 2.41. The van der Waals surface area contributed by atoms with Gasteiger partial charge in [-0.3, -0.25) is 4.98 Å². The predicted molar refractivity (Wildman–Crippen MR) is 73.7 cm³/mol. The van der Waals surface area contributed by atoms with Crippen molar-refractivity contribution >= 4 is 16.6 Å². The van der Waals surface area contributed by atoms with Crippen molar-refractivity contribution in [2.45, 2.75) is 19.4 Å². The Balaban J connectivity index is 2.08. The van der Waals surface area contributed by atoms with Crippen molar-refractivity contribution in [3.63, 3.8) is 0 Å². The third kappa shape index (κ3) is 2.22. The van der Waals surface area contributed by atoms with Crippen LogP contribution in [0.15, 0.2) is 24.4 Å². The van der Waals surface area contributed by atoms with Crippen molar-refractivity contribution in [2.24, 2.45) is 5.92 Å². The molecule has 3 nitrogen and oxygen atoms in total. The Morgan fingerprint density at radius 1 is 1.35 bits per heavy atom. The maximum atomic E-state index is 13.8. The van der Waals surface area contributed by atoms with Crippen LogP contribution in [0, 0.1) is 17.6 Å². The van der Waals surface area contributed by atoms with Crippen LogP contribution in [0.25, 0.3) is 10.9 Å². The van der Waals surface area contributed by atoms with E-state index >= 15 is 0 Å². The smallest absolute Gasteiger partial charge is 0.152 e. The molecule has 2 aromatic rings. The first kappa shape index (κ1) is 13.2. The van der Waals surface area contributed by atoms with E-state index < -0.39 is 17.7 Å². The number of pyridine rings is 1. The first-order valence-corrected chi connectivity index (χ1v) is 6.73. The van der Waals surface area contributed by atoms with Crippen LogP contribution in [0.5, 0.6) is 0 Å². The Morgan fingerprint density at radius 3 is 2.90 bits per heavy atom. The molecule has 106 valence electrons. The summed E-state index contributed by atoms with van der Waals surface area (Å²) in [4.78, 5) is 5.95. The number of aliphatic hydroxyl groups excluding tert-OH is 1. The summed E-state index contributed by atoms with van der Waals surface area (Å²) < 4.78 is 27.2. The Kier molecular flexibility index (Phi) is 3.30. The number of benzene rings is 1. The summed E-state index contributed by atoms with van der Waals surface area (Å²) in [6, 6.07) is 3.88. The number of hydrogen-bond acceptors (Lipinski definition) is 3. The van der Waals surface area contributed by atoms with Crippen molar-refractivity contribution in [1.29, 1.82) is 0 Å². The summed E-state index contributed by atoms with van der Waals surface area (Å²) >= 11 is 0. The van der Waals surface area contributed by atoms with Crippen LogP contribution in [0.2, 0.25) is 0 Å². The minimum absolute atomic E-state index is 0.164. The summed E-state index contributed by atoms with van der Waals surface area (Å²) in [5.41, 5.74) is 0.886. The Labute approximate surface area is 115 Å². The first-order valence-electron chi connectivity index (χ1n) is 6.73. The van der Waals surface area contributed by atoms with E-state index in [4.69, 9.17) is 0 Å². The van der Waals surface area contributed by atoms with Crippen LogP contribution in [-0.2, 0) is 0 Å². The molecular formula is C15H16F2N2O. The van der Waals surface area contributed by atoms with E-state index in [2.05, 4.69) is 4.98 Å². The van der Waals surface area contributed by atoms with E-state index in [9.17, 15) is 13.9 Å². The van der Waals surface area contributed by atoms with E-state index in [1.54, 1.807) is 6.07 Å². The maximum absolute atomic E-state index is 13.8. The van der Waals surface area contributed by atoms with Gasteiger partial charge in [0.1, 0.15) is 11.3 Å². The second kappa shape index (κ2) is 4.98. The molecule has 0 bridgehead atoms. The van der Waals surface area contributed by atoms with Gasteiger partial charge in [-0.15, -0.1) is 0 Å². The van der Waals surface area contributed by atoms with Gasteiger partial charge in [-0.25, -0.2) is 8.78 Å². The van der Waals surface area contributed by atoms with Gasteiger partial charge in [0, 0.05) is 36.4 Å². The third-order valence-electron chi connectivity index (χ3n) is 4.00. The van der Waals surface area contributed by atoms with E-state index in [1.165, 1.54) is 12.3 Å². The largest absolute Gasteiger partial charge is 0.391 e. The minimum atomic E-state index is -0.659. The quantitative estimate of drug-likeness (QED) is 0.871. The van der Waals surface area contributed by atoms with Gasteiger partial charge < -0.3 is 10.0 Å². The molecule has 0 radical (unpaired) electrons. The zero-order valence-electron chi connectivity index (χ0n) is 11.2. The predicted octanol–water partition coefficient (Wildman–Crippen LogP) is 2.72. The zero-order valence-corrected chi connectivity index (χ0v) is 11.2. The molecule has 0 unspecified atom stereocenters. The lowest BCUT2D eigenvalue weighted by Crippen LogP contribution is -2.43. The van der Waals surface area contributed by atoms with Crippen molar-refractivity contribution < 1.29 is 13.9 Å². The van der Waals surface area contributed by atoms with Gasteiger partial charge >= 0.3 is 0 Å². The fraction of sp³-hybridized carbons (Fsp3) is 0.400. The van der Waals surface area contributed by atoms with Crippen LogP contribution >= 0.6 is 0 Å². The Bertz CT molecular complexity index is 647. The second-order valence-corrected chi connectivity index (χ2v) is 5.39. The number of hydrogen-bond donors (Lipinski definition) is 1. The summed E-state index contributed by atoms with van der Waals surface area (Å²) in [5.74, 6) is -1.03. The maximum Gasteiger partial charge on any atom is 0.152 e. The van der Waals surface area contributed by atoms with Crippen molar-refractivity contribution in [3.8, 4) is 0 Å². The molecule has 20 heavy (non-hydrogen) atoms. The van der Waals surface area contributed by atoms with E-state index in [0.29, 0.717) is 11.9 Å². The molecular weight excluding hydrogens is 262 g/mol. The molecule has 1 fully saturated rings. The Morgan fingerprint density at radius 2 is 2.15 bits per heavy atom. The summed E-state index contributed by atoms with van der Waals surface area (Å²) in [5, 5.41) is 10.4. The number of rotatable bonds is 1. The fourth-order valence-corrected chi connectivity index (χ4v) is 2.71. The fourth-order valence-electron chi connectivity index (χ4n) is 2.71. The third-order valence-corrected chi connectivity index (χ3v) is 4.00. The molecule has 0 aliphatic carbocycles. The molecule has 1 aliphatic heterocycles. The molecule has 1 saturated heterocycles. The molecule has 2 heterocycles. The number of piperidine rings is 1. The number of aliphatic hydroxyl groups is 1. The first-order chi connectivity index (χ1) is 9.56. The normalized spacial score (nSPS) is 23.3. The van der Waals surface area contributed by atoms with Gasteiger partial charge in [0.15, 0.2) is 5.82 Å². The molecule has 3 rings (SSSR count). The molecule has 1 aliphatic rings. The minimum Gasteiger partial charge on any atom is -0.391 e. The lowest BCUT2D eigenvalue weighted by molar-refractivity contribution is 0.103. The van der Waals surface area contributed by atoms with Gasteiger partial charge in [0.25, 0.3) is 0 Å². The van der Waals surface area contributed by atoms with Crippen molar-refractivity contribution in [3.05, 3.63) is 36.0 Å². The van der Waals surface area contributed by atoms with Crippen molar-refractivity contribution in [2.75, 3.05) is 18.0 Å². The second-order valence-electron chi connectivity index (χ2n) is 5.39. The Hall–Kier alpha value is -1.75. The van der Waals surface area contributed by atoms with Gasteiger partial charge in [-0.05, 0) is 24.5 Å². The van der Waals surface area contributed by atoms with Crippen LogP contribution in [0.4, 0.5) is 14.5 Å². The van der Waals surface area contributed by atoms with Gasteiger partial charge in [0.2, 0.25) is 0 Å². The average molecular weight is 278 g/mol. The SMILES string of the molecule is C[C@H]1CCN(c2ccnc3c(F)cc(F)cc23)C[C@H]1O. The molecule has 0 saturated carbocycles. The summed E-state index contributed by atoms with van der Waals surface area (Å²) in [6.45, 7) is 3.24. The number of halogens is 2.